The number of aryl methyl sites for hydroxylation is 1. The molecule has 1 N–H and O–H groups in total. The van der Waals surface area contributed by atoms with Crippen molar-refractivity contribution in [1.82, 2.24) is 19.7 Å². The number of pyridine rings is 1. The molecule has 11 heteroatoms. The molecule has 3 amide bonds. The lowest BCUT2D eigenvalue weighted by atomic mass is 10.1. The Hall–Kier alpha value is -4.02. The number of carbonyl (C=O) groups excluding carboxylic acids is 2. The minimum absolute atomic E-state index is 0.0161. The second kappa shape index (κ2) is 10.3. The molecule has 2 aliphatic rings. The lowest BCUT2D eigenvalue weighted by Crippen LogP contribution is -2.55. The van der Waals surface area contributed by atoms with Gasteiger partial charge in [0.15, 0.2) is 0 Å². The number of anilines is 3. The Bertz CT molecular complexity index is 1400. The standard InChI is InChI=1S/C28H37N7O4/c1-7-38-24-15-21-19(17-32(6)31-21)14-22(24)30-26(36)35-11-9-20-23(8-10-29-25(20)35)33-12-13-34(18(2)16-33)27(37)39-28(3,4)5/h8,10,14-15,17-18H,7,9,11-13,16H2,1-6H3,(H,30,36)/t18-/m0/s1. The summed E-state index contributed by atoms with van der Waals surface area (Å²) in [4.78, 5) is 36.5. The van der Waals surface area contributed by atoms with Gasteiger partial charge in [-0.2, -0.15) is 5.10 Å². The lowest BCUT2D eigenvalue weighted by Gasteiger charge is -2.41. The van der Waals surface area contributed by atoms with Gasteiger partial charge in [-0.3, -0.25) is 9.58 Å². The highest BCUT2D eigenvalue weighted by Crippen LogP contribution is 2.36. The predicted octanol–water partition coefficient (Wildman–Crippen LogP) is 4.41. The minimum Gasteiger partial charge on any atom is -0.492 e. The van der Waals surface area contributed by atoms with Crippen LogP contribution in [0.3, 0.4) is 0 Å². The zero-order valence-electron chi connectivity index (χ0n) is 23.5. The van der Waals surface area contributed by atoms with Crippen LogP contribution in [0.5, 0.6) is 5.75 Å². The first-order valence-electron chi connectivity index (χ1n) is 13.4. The summed E-state index contributed by atoms with van der Waals surface area (Å²) in [6.45, 7) is 12.5. The van der Waals surface area contributed by atoms with Crippen molar-refractivity contribution >= 4 is 40.2 Å². The van der Waals surface area contributed by atoms with Crippen LogP contribution in [0.25, 0.3) is 10.9 Å². The summed E-state index contributed by atoms with van der Waals surface area (Å²) in [5, 5.41) is 8.39. The number of amides is 3. The van der Waals surface area contributed by atoms with Crippen molar-refractivity contribution in [2.75, 3.05) is 47.9 Å². The van der Waals surface area contributed by atoms with Gasteiger partial charge in [0.05, 0.1) is 17.8 Å². The molecule has 2 aliphatic heterocycles. The van der Waals surface area contributed by atoms with Crippen LogP contribution in [0.2, 0.25) is 0 Å². The summed E-state index contributed by atoms with van der Waals surface area (Å²) in [7, 11) is 1.86. The maximum Gasteiger partial charge on any atom is 0.410 e. The Morgan fingerprint density at radius 3 is 2.69 bits per heavy atom. The fourth-order valence-electron chi connectivity index (χ4n) is 5.27. The Morgan fingerprint density at radius 2 is 1.97 bits per heavy atom. The van der Waals surface area contributed by atoms with Crippen molar-refractivity contribution < 1.29 is 19.1 Å². The van der Waals surface area contributed by atoms with Crippen LogP contribution in [0.15, 0.2) is 30.6 Å². The van der Waals surface area contributed by atoms with Crippen LogP contribution in [0.4, 0.5) is 26.8 Å². The highest BCUT2D eigenvalue weighted by Gasteiger charge is 2.34. The summed E-state index contributed by atoms with van der Waals surface area (Å²) >= 11 is 0. The third-order valence-electron chi connectivity index (χ3n) is 6.95. The molecule has 208 valence electrons. The second-order valence-electron chi connectivity index (χ2n) is 11.1. The fourth-order valence-corrected chi connectivity index (χ4v) is 5.27. The minimum atomic E-state index is -0.531. The van der Waals surface area contributed by atoms with Gasteiger partial charge in [0, 0.05) is 74.4 Å². The molecule has 1 fully saturated rings. The van der Waals surface area contributed by atoms with E-state index in [1.54, 1.807) is 20.7 Å². The van der Waals surface area contributed by atoms with Gasteiger partial charge < -0.3 is 24.6 Å². The molecule has 0 spiro atoms. The first-order valence-corrected chi connectivity index (χ1v) is 13.4. The van der Waals surface area contributed by atoms with E-state index >= 15 is 0 Å². The van der Waals surface area contributed by atoms with Crippen LogP contribution in [0.1, 0.15) is 40.2 Å². The average molecular weight is 536 g/mol. The first-order chi connectivity index (χ1) is 18.5. The molecule has 2 aromatic heterocycles. The summed E-state index contributed by atoms with van der Waals surface area (Å²) in [5.74, 6) is 1.24. The number of nitrogens with one attached hydrogen (secondary N) is 1. The lowest BCUT2D eigenvalue weighted by molar-refractivity contribution is 0.0159. The van der Waals surface area contributed by atoms with Crippen molar-refractivity contribution in [3.05, 3.63) is 36.2 Å². The van der Waals surface area contributed by atoms with Crippen molar-refractivity contribution in [2.45, 2.75) is 52.7 Å². The largest absolute Gasteiger partial charge is 0.492 e. The number of nitrogens with zero attached hydrogens (tertiary/aromatic N) is 6. The predicted molar refractivity (Wildman–Crippen MR) is 151 cm³/mol. The summed E-state index contributed by atoms with van der Waals surface area (Å²) in [6.07, 6.45) is 4.07. The van der Waals surface area contributed by atoms with E-state index in [4.69, 9.17) is 9.47 Å². The number of aromatic nitrogens is 3. The van der Waals surface area contributed by atoms with Crippen molar-refractivity contribution in [3.8, 4) is 5.75 Å². The number of rotatable bonds is 4. The number of fused-ring (bicyclic) bond motifs is 2. The third kappa shape index (κ3) is 5.43. The molecule has 0 saturated carbocycles. The number of hydrogen-bond donors (Lipinski definition) is 1. The van der Waals surface area contributed by atoms with E-state index < -0.39 is 5.60 Å². The van der Waals surface area contributed by atoms with E-state index in [9.17, 15) is 9.59 Å². The van der Waals surface area contributed by atoms with E-state index in [1.165, 1.54) is 0 Å². The van der Waals surface area contributed by atoms with Gasteiger partial charge in [-0.25, -0.2) is 14.6 Å². The second-order valence-corrected chi connectivity index (χ2v) is 11.1. The molecule has 0 radical (unpaired) electrons. The Morgan fingerprint density at radius 1 is 1.18 bits per heavy atom. The quantitative estimate of drug-likeness (QED) is 0.528. The van der Waals surface area contributed by atoms with Crippen LogP contribution in [0, 0.1) is 0 Å². The molecule has 1 saturated heterocycles. The average Bonchev–Trinajstić information content (AvgIpc) is 3.45. The van der Waals surface area contributed by atoms with Gasteiger partial charge in [0.1, 0.15) is 17.2 Å². The highest BCUT2D eigenvalue weighted by atomic mass is 16.6. The Labute approximate surface area is 228 Å². The monoisotopic (exact) mass is 535 g/mol. The summed E-state index contributed by atoms with van der Waals surface area (Å²) in [6, 6.07) is 5.46. The highest BCUT2D eigenvalue weighted by molar-refractivity contribution is 6.05. The van der Waals surface area contributed by atoms with Crippen LogP contribution >= 0.6 is 0 Å². The molecule has 1 atom stereocenters. The molecule has 0 aliphatic carbocycles. The van der Waals surface area contributed by atoms with E-state index in [2.05, 4.69) is 20.3 Å². The first kappa shape index (κ1) is 26.6. The topological polar surface area (TPSA) is 105 Å². The molecular weight excluding hydrogens is 498 g/mol. The molecule has 0 unspecified atom stereocenters. The van der Waals surface area contributed by atoms with E-state index in [0.29, 0.717) is 56.5 Å². The normalized spacial score (nSPS) is 17.4. The van der Waals surface area contributed by atoms with Crippen LogP contribution < -0.4 is 19.9 Å². The number of hydrogen-bond acceptors (Lipinski definition) is 7. The van der Waals surface area contributed by atoms with Crippen LogP contribution in [-0.2, 0) is 18.2 Å². The summed E-state index contributed by atoms with van der Waals surface area (Å²) < 4.78 is 13.1. The third-order valence-corrected chi connectivity index (χ3v) is 6.95. The number of benzene rings is 1. The molecule has 4 heterocycles. The van der Waals surface area contributed by atoms with Crippen molar-refractivity contribution in [2.24, 2.45) is 7.05 Å². The van der Waals surface area contributed by atoms with Gasteiger partial charge >= 0.3 is 12.1 Å². The Balaban J connectivity index is 1.33. The van der Waals surface area contributed by atoms with E-state index in [0.717, 1.165) is 22.2 Å². The maximum absolute atomic E-state index is 13.5. The van der Waals surface area contributed by atoms with Gasteiger partial charge in [-0.1, -0.05) is 0 Å². The molecule has 11 nitrogen and oxygen atoms in total. The van der Waals surface area contributed by atoms with E-state index in [-0.39, 0.29) is 18.2 Å². The van der Waals surface area contributed by atoms with Crippen molar-refractivity contribution in [1.29, 1.82) is 0 Å². The van der Waals surface area contributed by atoms with Gasteiger partial charge in [-0.05, 0) is 53.2 Å². The van der Waals surface area contributed by atoms with Gasteiger partial charge in [-0.15, -0.1) is 0 Å². The van der Waals surface area contributed by atoms with Gasteiger partial charge in [0.25, 0.3) is 0 Å². The van der Waals surface area contributed by atoms with Gasteiger partial charge in [0.2, 0.25) is 0 Å². The molecule has 1 aromatic carbocycles. The zero-order chi connectivity index (χ0) is 27.9. The van der Waals surface area contributed by atoms with E-state index in [1.807, 2.05) is 66.1 Å². The fraction of sp³-hybridized carbons (Fsp3) is 0.500. The summed E-state index contributed by atoms with van der Waals surface area (Å²) in [5.41, 5.74) is 2.96. The smallest absolute Gasteiger partial charge is 0.410 e. The maximum atomic E-state index is 13.5. The molecule has 5 rings (SSSR count). The van der Waals surface area contributed by atoms with Crippen molar-refractivity contribution in [3.63, 3.8) is 0 Å². The molecular formula is C28H37N7O4. The molecule has 39 heavy (non-hydrogen) atoms. The SMILES string of the molecule is CCOc1cc2nn(C)cc2cc1NC(=O)N1CCc2c(N3CCN(C(=O)OC(C)(C)C)[C@@H](C)C3)ccnc21. The number of urea groups is 1. The Kier molecular flexibility index (Phi) is 7.00. The molecule has 3 aromatic rings. The zero-order valence-corrected chi connectivity index (χ0v) is 23.5. The number of piperazine rings is 1. The number of carbonyl (C=O) groups is 2. The molecule has 0 bridgehead atoms. The van der Waals surface area contributed by atoms with Crippen LogP contribution in [-0.4, -0.2) is 76.2 Å². The number of ether oxygens (including phenoxy) is 2.